The van der Waals surface area contributed by atoms with Crippen molar-refractivity contribution in [3.63, 3.8) is 0 Å². The first kappa shape index (κ1) is 26.4. The molecule has 0 aliphatic rings. The molecule has 2 amide bonds. The lowest BCUT2D eigenvalue weighted by molar-refractivity contribution is -0.139. The zero-order valence-corrected chi connectivity index (χ0v) is 21.1. The van der Waals surface area contributed by atoms with E-state index >= 15 is 0 Å². The summed E-state index contributed by atoms with van der Waals surface area (Å²) in [5.41, 5.74) is 3.07. The third-order valence-corrected chi connectivity index (χ3v) is 6.96. The number of para-hydroxylation sites is 1. The number of nitrogens with one attached hydrogen (secondary N) is 1. The van der Waals surface area contributed by atoms with Gasteiger partial charge in [-0.15, -0.1) is 0 Å². The Labute approximate surface area is 197 Å². The zero-order chi connectivity index (χ0) is 24.8. The molecule has 2 rings (SSSR count). The molecule has 33 heavy (non-hydrogen) atoms. The van der Waals surface area contributed by atoms with Crippen molar-refractivity contribution in [2.75, 3.05) is 17.1 Å². The number of benzene rings is 2. The Morgan fingerprint density at radius 1 is 0.970 bits per heavy atom. The summed E-state index contributed by atoms with van der Waals surface area (Å²) < 4.78 is 26.3. The summed E-state index contributed by atoms with van der Waals surface area (Å²) >= 11 is 0. The van der Waals surface area contributed by atoms with Crippen molar-refractivity contribution in [1.82, 2.24) is 10.2 Å². The molecule has 0 radical (unpaired) electrons. The second kappa shape index (κ2) is 11.3. The summed E-state index contributed by atoms with van der Waals surface area (Å²) in [7, 11) is -3.73. The second-order valence-electron chi connectivity index (χ2n) is 8.50. The molecule has 180 valence electrons. The minimum Gasteiger partial charge on any atom is -0.352 e. The highest BCUT2D eigenvalue weighted by Crippen LogP contribution is 2.23. The van der Waals surface area contributed by atoms with E-state index in [1.807, 2.05) is 51.1 Å². The predicted octanol–water partition coefficient (Wildman–Crippen LogP) is 3.40. The normalized spacial score (nSPS) is 13.2. The van der Waals surface area contributed by atoms with Crippen LogP contribution >= 0.6 is 0 Å². The van der Waals surface area contributed by atoms with Crippen molar-refractivity contribution in [2.24, 2.45) is 0 Å². The molecular formula is C25H35N3O4S. The summed E-state index contributed by atoms with van der Waals surface area (Å²) in [4.78, 5) is 27.9. The molecule has 7 nitrogen and oxygen atoms in total. The first-order chi connectivity index (χ1) is 15.5. The standard InChI is InChI=1S/C25H35N3O4S/c1-7-20(4)26-25(30)21(5)27(16-22-14-10-8-12-18(22)2)24(29)17-28(33(6,31)32)23-15-11-9-13-19(23)3/h8-15,20-21H,7,16-17H2,1-6H3,(H,26,30)/t20-,21+/m1/s1. The number of amides is 2. The van der Waals surface area contributed by atoms with Gasteiger partial charge in [0, 0.05) is 12.6 Å². The largest absolute Gasteiger partial charge is 0.352 e. The third-order valence-electron chi connectivity index (χ3n) is 5.83. The molecule has 2 aromatic carbocycles. The van der Waals surface area contributed by atoms with Gasteiger partial charge in [-0.25, -0.2) is 8.42 Å². The Kier molecular flexibility index (Phi) is 9.05. The van der Waals surface area contributed by atoms with Crippen LogP contribution < -0.4 is 9.62 Å². The van der Waals surface area contributed by atoms with Crippen molar-refractivity contribution in [1.29, 1.82) is 0 Å². The lowest BCUT2D eigenvalue weighted by Crippen LogP contribution is -2.52. The van der Waals surface area contributed by atoms with Gasteiger partial charge in [0.1, 0.15) is 12.6 Å². The van der Waals surface area contributed by atoms with Crippen LogP contribution in [0.3, 0.4) is 0 Å². The molecule has 0 fully saturated rings. The Bertz CT molecular complexity index is 1080. The quantitative estimate of drug-likeness (QED) is 0.573. The predicted molar refractivity (Wildman–Crippen MR) is 132 cm³/mol. The fourth-order valence-corrected chi connectivity index (χ4v) is 4.36. The van der Waals surface area contributed by atoms with Crippen LogP contribution in [0.4, 0.5) is 5.69 Å². The first-order valence-corrected chi connectivity index (χ1v) is 13.0. The molecule has 0 unspecified atom stereocenters. The highest BCUT2D eigenvalue weighted by atomic mass is 32.2. The van der Waals surface area contributed by atoms with Crippen LogP contribution in [-0.2, 0) is 26.2 Å². The fraction of sp³-hybridized carbons (Fsp3) is 0.440. The summed E-state index contributed by atoms with van der Waals surface area (Å²) in [6, 6.07) is 13.9. The third kappa shape index (κ3) is 7.05. The molecule has 2 aromatic rings. The van der Waals surface area contributed by atoms with Gasteiger partial charge >= 0.3 is 0 Å². The van der Waals surface area contributed by atoms with Crippen LogP contribution in [-0.4, -0.2) is 50.0 Å². The van der Waals surface area contributed by atoms with Gasteiger partial charge in [-0.05, 0) is 56.9 Å². The van der Waals surface area contributed by atoms with Crippen LogP contribution in [0.15, 0.2) is 48.5 Å². The fourth-order valence-electron chi connectivity index (χ4n) is 3.46. The zero-order valence-electron chi connectivity index (χ0n) is 20.3. The van der Waals surface area contributed by atoms with Gasteiger partial charge in [-0.3, -0.25) is 13.9 Å². The number of carbonyl (C=O) groups is 2. The van der Waals surface area contributed by atoms with E-state index in [9.17, 15) is 18.0 Å². The summed E-state index contributed by atoms with van der Waals surface area (Å²) in [5.74, 6) is -0.716. The van der Waals surface area contributed by atoms with E-state index in [4.69, 9.17) is 0 Å². The van der Waals surface area contributed by atoms with Crippen molar-refractivity contribution in [3.8, 4) is 0 Å². The SMILES string of the molecule is CC[C@@H](C)NC(=O)[C@H](C)N(Cc1ccccc1C)C(=O)CN(c1ccccc1C)S(C)(=O)=O. The molecule has 2 atom stereocenters. The smallest absolute Gasteiger partial charge is 0.244 e. The Balaban J connectivity index is 2.41. The summed E-state index contributed by atoms with van der Waals surface area (Å²) in [6.07, 6.45) is 1.84. The molecule has 1 N–H and O–H groups in total. The molecule has 0 aliphatic heterocycles. The molecule has 0 saturated heterocycles. The Morgan fingerprint density at radius 2 is 1.55 bits per heavy atom. The summed E-state index contributed by atoms with van der Waals surface area (Å²) in [6.45, 7) is 9.10. The molecule has 0 spiro atoms. The molecule has 0 heterocycles. The summed E-state index contributed by atoms with van der Waals surface area (Å²) in [5, 5.41) is 2.92. The maximum absolute atomic E-state index is 13.5. The first-order valence-electron chi connectivity index (χ1n) is 11.1. The maximum Gasteiger partial charge on any atom is 0.244 e. The Hall–Kier alpha value is -2.87. The number of sulfonamides is 1. The lowest BCUT2D eigenvalue weighted by Gasteiger charge is -2.32. The van der Waals surface area contributed by atoms with Gasteiger partial charge < -0.3 is 10.2 Å². The van der Waals surface area contributed by atoms with Crippen LogP contribution in [0.2, 0.25) is 0 Å². The van der Waals surface area contributed by atoms with Gasteiger partial charge in [0.05, 0.1) is 11.9 Å². The number of carbonyl (C=O) groups excluding carboxylic acids is 2. The van der Waals surface area contributed by atoms with E-state index in [0.717, 1.165) is 33.7 Å². The van der Waals surface area contributed by atoms with Crippen LogP contribution in [0.1, 0.15) is 43.9 Å². The van der Waals surface area contributed by atoms with E-state index in [0.29, 0.717) is 5.69 Å². The topological polar surface area (TPSA) is 86.8 Å². The van der Waals surface area contributed by atoms with Gasteiger partial charge in [0.2, 0.25) is 21.8 Å². The number of nitrogens with zero attached hydrogens (tertiary/aromatic N) is 2. The number of anilines is 1. The van der Waals surface area contributed by atoms with E-state index in [1.165, 1.54) is 4.90 Å². The number of aryl methyl sites for hydroxylation is 2. The lowest BCUT2D eigenvalue weighted by atomic mass is 10.1. The van der Waals surface area contributed by atoms with Gasteiger partial charge in [0.25, 0.3) is 0 Å². The van der Waals surface area contributed by atoms with Gasteiger partial charge in [0.15, 0.2) is 0 Å². The molecule has 0 aliphatic carbocycles. The van der Waals surface area contributed by atoms with E-state index in [-0.39, 0.29) is 18.5 Å². The van der Waals surface area contributed by atoms with Crippen molar-refractivity contribution < 1.29 is 18.0 Å². The van der Waals surface area contributed by atoms with E-state index < -0.39 is 28.5 Å². The Morgan fingerprint density at radius 3 is 2.09 bits per heavy atom. The average molecular weight is 474 g/mol. The molecule has 0 aromatic heterocycles. The van der Waals surface area contributed by atoms with Crippen LogP contribution in [0, 0.1) is 13.8 Å². The van der Waals surface area contributed by atoms with Crippen LogP contribution in [0.5, 0.6) is 0 Å². The average Bonchev–Trinajstić information content (AvgIpc) is 2.76. The highest BCUT2D eigenvalue weighted by molar-refractivity contribution is 7.92. The maximum atomic E-state index is 13.5. The van der Waals surface area contributed by atoms with E-state index in [1.54, 1.807) is 32.0 Å². The minimum absolute atomic E-state index is 0.0325. The van der Waals surface area contributed by atoms with Gasteiger partial charge in [-0.1, -0.05) is 49.4 Å². The molecular weight excluding hydrogens is 438 g/mol. The molecule has 0 saturated carbocycles. The van der Waals surface area contributed by atoms with Crippen LogP contribution in [0.25, 0.3) is 0 Å². The minimum atomic E-state index is -3.73. The molecule has 8 heteroatoms. The van der Waals surface area contributed by atoms with E-state index in [2.05, 4.69) is 5.32 Å². The molecule has 0 bridgehead atoms. The van der Waals surface area contributed by atoms with Gasteiger partial charge in [-0.2, -0.15) is 0 Å². The highest BCUT2D eigenvalue weighted by Gasteiger charge is 2.31. The van der Waals surface area contributed by atoms with Crippen molar-refractivity contribution in [3.05, 3.63) is 65.2 Å². The second-order valence-corrected chi connectivity index (χ2v) is 10.4. The van der Waals surface area contributed by atoms with Crippen molar-refractivity contribution in [2.45, 2.75) is 59.7 Å². The number of hydrogen-bond donors (Lipinski definition) is 1. The van der Waals surface area contributed by atoms with Crippen molar-refractivity contribution >= 4 is 27.5 Å². The number of hydrogen-bond acceptors (Lipinski definition) is 4. The monoisotopic (exact) mass is 473 g/mol. The number of rotatable bonds is 10.